The number of nitrogens with one attached hydrogen (secondary N) is 1. The number of imidazole rings is 1. The molecule has 46 heavy (non-hydrogen) atoms. The van der Waals surface area contributed by atoms with E-state index in [1.807, 2.05) is 100 Å². The molecule has 5 rings (SSSR count). The summed E-state index contributed by atoms with van der Waals surface area (Å²) in [7, 11) is 0. The van der Waals surface area contributed by atoms with E-state index in [-0.39, 0.29) is 17.9 Å². The fourth-order valence-electron chi connectivity index (χ4n) is 5.73. The molecular weight excluding hydrogens is 591 g/mol. The Morgan fingerprint density at radius 2 is 1.63 bits per heavy atom. The number of carbonyl (C=O) groups is 2. The first-order chi connectivity index (χ1) is 22.1. The summed E-state index contributed by atoms with van der Waals surface area (Å²) < 4.78 is 8.02. The van der Waals surface area contributed by atoms with E-state index < -0.39 is 5.60 Å². The van der Waals surface area contributed by atoms with Crippen molar-refractivity contribution in [2.45, 2.75) is 72.1 Å². The van der Waals surface area contributed by atoms with E-state index in [4.69, 9.17) is 9.72 Å². The van der Waals surface area contributed by atoms with Gasteiger partial charge in [0.25, 0.3) is 5.91 Å². The van der Waals surface area contributed by atoms with Gasteiger partial charge in [-0.2, -0.15) is 12.6 Å². The molecule has 7 heteroatoms. The molecule has 0 aliphatic rings. The summed E-state index contributed by atoms with van der Waals surface area (Å²) in [6.07, 6.45) is 2.42. The van der Waals surface area contributed by atoms with Gasteiger partial charge in [0.2, 0.25) is 0 Å². The van der Waals surface area contributed by atoms with Crippen LogP contribution >= 0.6 is 12.6 Å². The molecule has 0 radical (unpaired) electrons. The van der Waals surface area contributed by atoms with E-state index >= 15 is 0 Å². The van der Waals surface area contributed by atoms with Gasteiger partial charge in [-0.1, -0.05) is 79.7 Å². The molecule has 0 aliphatic heterocycles. The number of nitrogens with zero attached hydrogens (tertiary/aromatic N) is 2. The molecule has 1 N–H and O–H groups in total. The summed E-state index contributed by atoms with van der Waals surface area (Å²) in [5.74, 6) is 0.978. The van der Waals surface area contributed by atoms with E-state index in [2.05, 4.69) is 47.6 Å². The Balaban J connectivity index is 1.51. The molecule has 0 saturated heterocycles. The zero-order valence-electron chi connectivity index (χ0n) is 27.3. The van der Waals surface area contributed by atoms with Crippen molar-refractivity contribution < 1.29 is 14.3 Å². The molecule has 6 nitrogen and oxygen atoms in total. The second-order valence-corrected chi connectivity index (χ2v) is 13.2. The highest BCUT2D eigenvalue weighted by atomic mass is 32.1. The second-order valence-electron chi connectivity index (χ2n) is 12.8. The third-order valence-corrected chi connectivity index (χ3v) is 8.31. The van der Waals surface area contributed by atoms with Crippen LogP contribution in [0.3, 0.4) is 0 Å². The van der Waals surface area contributed by atoms with Gasteiger partial charge >= 0.3 is 5.97 Å². The molecule has 1 heterocycles. The zero-order valence-corrected chi connectivity index (χ0v) is 28.2. The minimum absolute atomic E-state index is 0.107. The first-order valence-corrected chi connectivity index (χ1v) is 16.6. The van der Waals surface area contributed by atoms with Crippen LogP contribution in [0.15, 0.2) is 91.0 Å². The van der Waals surface area contributed by atoms with Crippen LogP contribution in [0.4, 0.5) is 0 Å². The van der Waals surface area contributed by atoms with Crippen molar-refractivity contribution in [3.8, 4) is 11.1 Å². The van der Waals surface area contributed by atoms with Gasteiger partial charge in [-0.25, -0.2) is 9.78 Å². The molecule has 0 spiro atoms. The summed E-state index contributed by atoms with van der Waals surface area (Å²) in [5, 5.41) is 3.19. The Bertz CT molecular complexity index is 1820. The Kier molecular flexibility index (Phi) is 10.3. The number of thiol groups is 1. The van der Waals surface area contributed by atoms with Crippen molar-refractivity contribution in [3.05, 3.63) is 125 Å². The maximum atomic E-state index is 13.6. The summed E-state index contributed by atoms with van der Waals surface area (Å²) in [6.45, 7) is 10.3. The van der Waals surface area contributed by atoms with Gasteiger partial charge in [0, 0.05) is 30.3 Å². The molecule has 5 aromatic rings. The number of aromatic nitrogens is 2. The fraction of sp³-hybridized carbons (Fsp3) is 0.308. The molecule has 1 amide bonds. The number of ether oxygens (including phenoxy) is 1. The van der Waals surface area contributed by atoms with Crippen LogP contribution in [0.25, 0.3) is 22.2 Å². The fourth-order valence-corrected chi connectivity index (χ4v) is 5.96. The quantitative estimate of drug-likeness (QED) is 0.114. The monoisotopic (exact) mass is 633 g/mol. The molecule has 0 fully saturated rings. The molecule has 4 aromatic carbocycles. The maximum absolute atomic E-state index is 13.6. The number of rotatable bonds is 11. The van der Waals surface area contributed by atoms with Crippen molar-refractivity contribution >= 4 is 35.5 Å². The van der Waals surface area contributed by atoms with Gasteiger partial charge in [0.05, 0.1) is 16.6 Å². The maximum Gasteiger partial charge on any atom is 0.339 e. The van der Waals surface area contributed by atoms with E-state index in [0.29, 0.717) is 29.8 Å². The lowest BCUT2D eigenvalue weighted by Gasteiger charge is -2.21. The Hall–Kier alpha value is -4.36. The van der Waals surface area contributed by atoms with Crippen molar-refractivity contribution in [3.63, 3.8) is 0 Å². The second kappa shape index (κ2) is 14.4. The van der Waals surface area contributed by atoms with E-state index in [1.165, 1.54) is 0 Å². The smallest absolute Gasteiger partial charge is 0.339 e. The highest BCUT2D eigenvalue weighted by Gasteiger charge is 2.23. The highest BCUT2D eigenvalue weighted by Crippen LogP contribution is 2.29. The number of aryl methyl sites for hydroxylation is 2. The lowest BCUT2D eigenvalue weighted by atomic mass is 9.97. The molecular formula is C39H43N3O3S. The number of esters is 1. The largest absolute Gasteiger partial charge is 0.456 e. The molecule has 238 valence electrons. The standard InChI is InChI=1S/C39H43N3O3S/c1-6-13-35-41-36-26(2)20-30(37(43)40-31(25-46)21-27-14-9-7-10-15-27)23-34(36)42(35)24-28-18-19-32(29-16-11-8-12-17-29)33(22-28)38(44)45-39(3,4)5/h7-12,14-20,22-23,31,46H,6,13,21,24-25H2,1-5H3,(H,40,43)/t31-/m1/s1. The van der Waals surface area contributed by atoms with Crippen LogP contribution < -0.4 is 5.32 Å². The molecule has 0 bridgehead atoms. The van der Waals surface area contributed by atoms with Crippen LogP contribution in [0.2, 0.25) is 0 Å². The Labute approximate surface area is 277 Å². The van der Waals surface area contributed by atoms with Crippen molar-refractivity contribution in [1.82, 2.24) is 14.9 Å². The third-order valence-electron chi connectivity index (χ3n) is 7.87. The van der Waals surface area contributed by atoms with Crippen LogP contribution in [0.1, 0.15) is 77.3 Å². The van der Waals surface area contributed by atoms with Crippen molar-refractivity contribution in [2.24, 2.45) is 0 Å². The average Bonchev–Trinajstić information content (AvgIpc) is 3.38. The first-order valence-electron chi connectivity index (χ1n) is 15.9. The molecule has 0 saturated carbocycles. The van der Waals surface area contributed by atoms with Crippen LogP contribution in [0, 0.1) is 6.92 Å². The van der Waals surface area contributed by atoms with E-state index in [9.17, 15) is 9.59 Å². The van der Waals surface area contributed by atoms with Crippen molar-refractivity contribution in [2.75, 3.05) is 5.75 Å². The lowest BCUT2D eigenvalue weighted by molar-refractivity contribution is 0.00701. The Morgan fingerprint density at radius 3 is 2.28 bits per heavy atom. The van der Waals surface area contributed by atoms with Crippen LogP contribution in [-0.4, -0.2) is 38.8 Å². The van der Waals surface area contributed by atoms with Gasteiger partial charge in [-0.05, 0) is 86.6 Å². The van der Waals surface area contributed by atoms with Gasteiger partial charge in [-0.3, -0.25) is 4.79 Å². The molecule has 1 atom stereocenters. The number of fused-ring (bicyclic) bond motifs is 1. The zero-order chi connectivity index (χ0) is 32.8. The predicted octanol–water partition coefficient (Wildman–Crippen LogP) is 8.24. The summed E-state index contributed by atoms with van der Waals surface area (Å²) in [5.41, 5.74) is 7.07. The average molecular weight is 634 g/mol. The van der Waals surface area contributed by atoms with Gasteiger partial charge < -0.3 is 14.6 Å². The number of hydrogen-bond acceptors (Lipinski definition) is 5. The van der Waals surface area contributed by atoms with Gasteiger partial charge in [0.15, 0.2) is 0 Å². The molecule has 0 aliphatic carbocycles. The van der Waals surface area contributed by atoms with Crippen LogP contribution in [-0.2, 0) is 24.1 Å². The van der Waals surface area contributed by atoms with Gasteiger partial charge in [-0.15, -0.1) is 0 Å². The topological polar surface area (TPSA) is 73.2 Å². The SMILES string of the molecule is CCCc1nc2c(C)cc(C(=O)N[C@@H](CS)Cc3ccccc3)cc2n1Cc1ccc(-c2ccccc2)c(C(=O)OC(C)(C)C)c1. The summed E-state index contributed by atoms with van der Waals surface area (Å²) >= 11 is 4.52. The normalized spacial score (nSPS) is 12.2. The number of carbonyl (C=O) groups excluding carboxylic acids is 2. The summed E-state index contributed by atoms with van der Waals surface area (Å²) in [6, 6.07) is 29.7. The summed E-state index contributed by atoms with van der Waals surface area (Å²) in [4.78, 5) is 32.1. The minimum Gasteiger partial charge on any atom is -0.456 e. The first kappa shape index (κ1) is 33.0. The predicted molar refractivity (Wildman–Crippen MR) is 190 cm³/mol. The third kappa shape index (κ3) is 7.88. The van der Waals surface area contributed by atoms with E-state index in [0.717, 1.165) is 57.5 Å². The minimum atomic E-state index is -0.628. The van der Waals surface area contributed by atoms with Crippen molar-refractivity contribution in [1.29, 1.82) is 0 Å². The number of amides is 1. The van der Waals surface area contributed by atoms with Gasteiger partial charge in [0.1, 0.15) is 11.4 Å². The molecule has 0 unspecified atom stereocenters. The van der Waals surface area contributed by atoms with E-state index in [1.54, 1.807) is 0 Å². The highest BCUT2D eigenvalue weighted by molar-refractivity contribution is 7.80. The van der Waals surface area contributed by atoms with Crippen LogP contribution in [0.5, 0.6) is 0 Å². The Morgan fingerprint density at radius 1 is 0.935 bits per heavy atom. The number of hydrogen-bond donors (Lipinski definition) is 2. The number of benzene rings is 4. The lowest BCUT2D eigenvalue weighted by Crippen LogP contribution is -2.37. The molecule has 1 aromatic heterocycles.